The van der Waals surface area contributed by atoms with Gasteiger partial charge in [-0.3, -0.25) is 4.79 Å². The van der Waals surface area contributed by atoms with E-state index in [-0.39, 0.29) is 10.8 Å². The zero-order valence-corrected chi connectivity index (χ0v) is 12.6. The molecule has 0 radical (unpaired) electrons. The maximum absolute atomic E-state index is 11.9. The SMILES string of the molecule is CC(=O)Nc1ccc(S(=O)(=O)N/N=C\CC(C)C)cc1. The predicted octanol–water partition coefficient (Wildman–Crippen LogP) is 1.96. The maximum atomic E-state index is 11.9. The lowest BCUT2D eigenvalue weighted by Gasteiger charge is -2.05. The Morgan fingerprint density at radius 1 is 1.30 bits per heavy atom. The van der Waals surface area contributed by atoms with Crippen LogP contribution in [0.5, 0.6) is 0 Å². The van der Waals surface area contributed by atoms with Crippen molar-refractivity contribution in [3.8, 4) is 0 Å². The zero-order valence-electron chi connectivity index (χ0n) is 11.8. The van der Waals surface area contributed by atoms with Gasteiger partial charge in [-0.05, 0) is 36.6 Å². The highest BCUT2D eigenvalue weighted by Crippen LogP contribution is 2.13. The second-order valence-corrected chi connectivity index (χ2v) is 6.40. The van der Waals surface area contributed by atoms with E-state index >= 15 is 0 Å². The lowest BCUT2D eigenvalue weighted by molar-refractivity contribution is -0.114. The summed E-state index contributed by atoms with van der Waals surface area (Å²) >= 11 is 0. The van der Waals surface area contributed by atoms with Gasteiger partial charge >= 0.3 is 0 Å². The van der Waals surface area contributed by atoms with Crippen LogP contribution in [0.3, 0.4) is 0 Å². The lowest BCUT2D eigenvalue weighted by atomic mass is 10.2. The van der Waals surface area contributed by atoms with Gasteiger partial charge in [0.2, 0.25) is 5.91 Å². The average molecular weight is 297 g/mol. The molecule has 0 saturated carbocycles. The third kappa shape index (κ3) is 5.40. The molecule has 0 fully saturated rings. The van der Waals surface area contributed by atoms with Crippen LogP contribution in [0.1, 0.15) is 27.2 Å². The molecule has 0 aromatic heterocycles. The Balaban J connectivity index is 2.72. The summed E-state index contributed by atoms with van der Waals surface area (Å²) in [5.74, 6) is 0.206. The number of nitrogens with zero attached hydrogens (tertiary/aromatic N) is 1. The topological polar surface area (TPSA) is 87.6 Å². The van der Waals surface area contributed by atoms with Crippen LogP contribution >= 0.6 is 0 Å². The molecule has 0 saturated heterocycles. The number of amides is 1. The van der Waals surface area contributed by atoms with Gasteiger partial charge in [0.25, 0.3) is 10.0 Å². The number of sulfonamides is 1. The fraction of sp³-hybridized carbons (Fsp3) is 0.385. The molecular weight excluding hydrogens is 278 g/mol. The summed E-state index contributed by atoms with van der Waals surface area (Å²) in [5, 5.41) is 6.26. The minimum absolute atomic E-state index is 0.0910. The van der Waals surface area contributed by atoms with Crippen molar-refractivity contribution in [3.05, 3.63) is 24.3 Å². The standard InChI is InChI=1S/C13H19N3O3S/c1-10(2)8-9-14-16-20(18,19)13-6-4-12(5-7-13)15-11(3)17/h4-7,9-10,16H,8H2,1-3H3,(H,15,17)/b14-9-. The van der Waals surface area contributed by atoms with Crippen LogP contribution in [-0.4, -0.2) is 20.5 Å². The summed E-state index contributed by atoms with van der Waals surface area (Å²) < 4.78 is 23.8. The minimum atomic E-state index is -3.66. The Bertz CT molecular complexity index is 577. The van der Waals surface area contributed by atoms with E-state index in [1.807, 2.05) is 13.8 Å². The molecular formula is C13H19N3O3S. The third-order valence-corrected chi connectivity index (χ3v) is 3.56. The predicted molar refractivity (Wildman–Crippen MR) is 79.0 cm³/mol. The summed E-state index contributed by atoms with van der Waals surface area (Å²) in [6.07, 6.45) is 2.23. The Morgan fingerprint density at radius 3 is 2.40 bits per heavy atom. The normalized spacial score (nSPS) is 11.8. The summed E-state index contributed by atoms with van der Waals surface area (Å²) in [6.45, 7) is 5.41. The fourth-order valence-electron chi connectivity index (χ4n) is 1.34. The summed E-state index contributed by atoms with van der Waals surface area (Å²) in [5.41, 5.74) is 0.541. The molecule has 7 heteroatoms. The van der Waals surface area contributed by atoms with Gasteiger partial charge in [0.15, 0.2) is 0 Å². The smallest absolute Gasteiger partial charge is 0.276 e. The number of carbonyl (C=O) groups excluding carboxylic acids is 1. The number of benzene rings is 1. The van der Waals surface area contributed by atoms with E-state index < -0.39 is 10.0 Å². The second-order valence-electron chi connectivity index (χ2n) is 4.74. The first kappa shape index (κ1) is 16.2. The molecule has 0 aliphatic rings. The molecule has 1 rings (SSSR count). The van der Waals surface area contributed by atoms with Crippen LogP contribution in [0.4, 0.5) is 5.69 Å². The number of anilines is 1. The van der Waals surface area contributed by atoms with E-state index in [1.165, 1.54) is 37.4 Å². The number of rotatable bonds is 6. The van der Waals surface area contributed by atoms with Gasteiger partial charge in [0, 0.05) is 18.8 Å². The van der Waals surface area contributed by atoms with Gasteiger partial charge in [-0.15, -0.1) is 0 Å². The Hall–Kier alpha value is -1.89. The molecule has 0 atom stereocenters. The van der Waals surface area contributed by atoms with Crippen LogP contribution in [0, 0.1) is 5.92 Å². The van der Waals surface area contributed by atoms with Crippen LogP contribution in [0.25, 0.3) is 0 Å². The number of carbonyl (C=O) groups is 1. The van der Waals surface area contributed by atoms with Gasteiger partial charge in [-0.25, -0.2) is 4.83 Å². The molecule has 0 aliphatic carbocycles. The van der Waals surface area contributed by atoms with Crippen molar-refractivity contribution >= 4 is 27.8 Å². The number of nitrogens with one attached hydrogen (secondary N) is 2. The third-order valence-electron chi connectivity index (χ3n) is 2.33. The molecule has 0 unspecified atom stereocenters. The van der Waals surface area contributed by atoms with Crippen molar-refractivity contribution in [1.82, 2.24) is 4.83 Å². The van der Waals surface area contributed by atoms with Crippen molar-refractivity contribution in [2.24, 2.45) is 11.0 Å². The van der Waals surface area contributed by atoms with Crippen LogP contribution in [0.2, 0.25) is 0 Å². The largest absolute Gasteiger partial charge is 0.326 e. The quantitative estimate of drug-likeness (QED) is 0.621. The van der Waals surface area contributed by atoms with Gasteiger partial charge in [-0.2, -0.15) is 13.5 Å². The second kappa shape index (κ2) is 7.04. The molecule has 0 bridgehead atoms. The molecule has 1 aromatic carbocycles. The van der Waals surface area contributed by atoms with E-state index in [0.717, 1.165) is 0 Å². The molecule has 110 valence electrons. The molecule has 0 heterocycles. The van der Waals surface area contributed by atoms with Gasteiger partial charge < -0.3 is 5.32 Å². The molecule has 0 aliphatic heterocycles. The van der Waals surface area contributed by atoms with Gasteiger partial charge in [-0.1, -0.05) is 13.8 Å². The molecule has 0 spiro atoms. The van der Waals surface area contributed by atoms with Gasteiger partial charge in [0.05, 0.1) is 4.90 Å². The Morgan fingerprint density at radius 2 is 1.90 bits per heavy atom. The molecule has 1 amide bonds. The van der Waals surface area contributed by atoms with Gasteiger partial charge in [0.1, 0.15) is 0 Å². The van der Waals surface area contributed by atoms with E-state index in [9.17, 15) is 13.2 Å². The summed E-state index contributed by atoms with van der Waals surface area (Å²) in [4.78, 5) is 13.1. The Labute approximate surface area is 119 Å². The van der Waals surface area contributed by atoms with Crippen molar-refractivity contribution < 1.29 is 13.2 Å². The van der Waals surface area contributed by atoms with E-state index in [0.29, 0.717) is 18.0 Å². The molecule has 1 aromatic rings. The van der Waals surface area contributed by atoms with Crippen molar-refractivity contribution in [2.75, 3.05) is 5.32 Å². The van der Waals surface area contributed by atoms with E-state index in [2.05, 4.69) is 15.2 Å². The Kier molecular flexibility index (Phi) is 5.69. The first-order valence-electron chi connectivity index (χ1n) is 6.22. The number of hydrogen-bond acceptors (Lipinski definition) is 4. The summed E-state index contributed by atoms with van der Waals surface area (Å²) in [6, 6.07) is 5.86. The maximum Gasteiger partial charge on any atom is 0.276 e. The zero-order chi connectivity index (χ0) is 15.2. The van der Waals surface area contributed by atoms with E-state index in [4.69, 9.17) is 0 Å². The first-order valence-corrected chi connectivity index (χ1v) is 7.70. The van der Waals surface area contributed by atoms with Crippen LogP contribution in [0.15, 0.2) is 34.3 Å². The van der Waals surface area contributed by atoms with Crippen molar-refractivity contribution in [1.29, 1.82) is 0 Å². The van der Waals surface area contributed by atoms with Crippen LogP contribution < -0.4 is 10.1 Å². The monoisotopic (exact) mass is 297 g/mol. The number of hydrazone groups is 1. The van der Waals surface area contributed by atoms with Crippen molar-refractivity contribution in [2.45, 2.75) is 32.1 Å². The average Bonchev–Trinajstić information content (AvgIpc) is 2.34. The highest BCUT2D eigenvalue weighted by Gasteiger charge is 2.12. The first-order chi connectivity index (χ1) is 9.31. The molecule has 6 nitrogen and oxygen atoms in total. The summed E-state index contributed by atoms with van der Waals surface area (Å²) in [7, 11) is -3.66. The number of hydrogen-bond donors (Lipinski definition) is 2. The van der Waals surface area contributed by atoms with E-state index in [1.54, 1.807) is 0 Å². The molecule has 2 N–H and O–H groups in total. The fourth-order valence-corrected chi connectivity index (χ4v) is 2.16. The molecule has 20 heavy (non-hydrogen) atoms. The van der Waals surface area contributed by atoms with Crippen LogP contribution in [-0.2, 0) is 14.8 Å². The highest BCUT2D eigenvalue weighted by molar-refractivity contribution is 7.89. The lowest BCUT2D eigenvalue weighted by Crippen LogP contribution is -2.18. The minimum Gasteiger partial charge on any atom is -0.326 e. The van der Waals surface area contributed by atoms with Crippen molar-refractivity contribution in [3.63, 3.8) is 0 Å². The highest BCUT2D eigenvalue weighted by atomic mass is 32.2.